The topological polar surface area (TPSA) is 89.3 Å². The molecule has 0 spiro atoms. The third-order valence-electron chi connectivity index (χ3n) is 5.24. The number of benzene rings is 1. The van der Waals surface area contributed by atoms with Crippen molar-refractivity contribution in [1.82, 2.24) is 29.9 Å². The lowest BCUT2D eigenvalue weighted by Crippen LogP contribution is -2.49. The third-order valence-corrected chi connectivity index (χ3v) is 5.24. The smallest absolute Gasteiger partial charge is 0.276 e. The van der Waals surface area contributed by atoms with E-state index in [1.807, 2.05) is 56.0 Å². The normalized spacial score (nSPS) is 14.1. The van der Waals surface area contributed by atoms with Crippen LogP contribution in [0.25, 0.3) is 5.69 Å². The van der Waals surface area contributed by atoms with Crippen LogP contribution in [-0.2, 0) is 0 Å². The molecule has 0 bridgehead atoms. The van der Waals surface area contributed by atoms with Crippen molar-refractivity contribution in [2.45, 2.75) is 20.8 Å². The standard InChI is InChI=1S/C21H25N7O2/c1-14-12-19(23-16(3)22-14)26-8-10-27(11-9-26)21(29)20-15(2)28(25-24-20)17-6-5-7-18(13-17)30-4/h5-7,12-13H,8-11H2,1-4H3. The van der Waals surface area contributed by atoms with E-state index in [0.29, 0.717) is 37.6 Å². The van der Waals surface area contributed by atoms with Crippen LogP contribution in [-0.4, -0.2) is 69.1 Å². The van der Waals surface area contributed by atoms with Gasteiger partial charge < -0.3 is 14.5 Å². The maximum absolute atomic E-state index is 13.1. The van der Waals surface area contributed by atoms with E-state index in [2.05, 4.69) is 25.2 Å². The number of rotatable bonds is 4. The molecule has 1 fully saturated rings. The van der Waals surface area contributed by atoms with E-state index in [0.717, 1.165) is 28.8 Å². The van der Waals surface area contributed by atoms with E-state index in [1.54, 1.807) is 11.8 Å². The van der Waals surface area contributed by atoms with Crippen LogP contribution < -0.4 is 9.64 Å². The molecule has 30 heavy (non-hydrogen) atoms. The Kier molecular flexibility index (Phi) is 5.35. The number of amides is 1. The highest BCUT2D eigenvalue weighted by molar-refractivity contribution is 5.93. The average molecular weight is 407 g/mol. The number of hydrogen-bond donors (Lipinski definition) is 0. The fourth-order valence-electron chi connectivity index (χ4n) is 3.66. The van der Waals surface area contributed by atoms with Gasteiger partial charge in [0.05, 0.1) is 18.5 Å². The number of nitrogens with zero attached hydrogens (tertiary/aromatic N) is 7. The lowest BCUT2D eigenvalue weighted by molar-refractivity contribution is 0.0739. The van der Waals surface area contributed by atoms with Crippen molar-refractivity contribution in [3.63, 3.8) is 0 Å². The monoisotopic (exact) mass is 407 g/mol. The zero-order chi connectivity index (χ0) is 21.3. The molecule has 9 heteroatoms. The summed E-state index contributed by atoms with van der Waals surface area (Å²) in [5.74, 6) is 2.29. The van der Waals surface area contributed by atoms with Gasteiger partial charge in [0.25, 0.3) is 5.91 Å². The van der Waals surface area contributed by atoms with Crippen molar-refractivity contribution in [2.24, 2.45) is 0 Å². The fourth-order valence-corrected chi connectivity index (χ4v) is 3.66. The lowest BCUT2D eigenvalue weighted by Gasteiger charge is -2.35. The summed E-state index contributed by atoms with van der Waals surface area (Å²) in [7, 11) is 1.62. The van der Waals surface area contributed by atoms with Crippen LogP contribution >= 0.6 is 0 Å². The maximum atomic E-state index is 13.1. The van der Waals surface area contributed by atoms with Crippen molar-refractivity contribution in [2.75, 3.05) is 38.2 Å². The molecule has 0 radical (unpaired) electrons. The van der Waals surface area contributed by atoms with E-state index in [1.165, 1.54) is 0 Å². The molecule has 1 aliphatic rings. The van der Waals surface area contributed by atoms with Gasteiger partial charge in [-0.15, -0.1) is 5.10 Å². The van der Waals surface area contributed by atoms with Gasteiger partial charge in [0.2, 0.25) is 0 Å². The first kappa shape index (κ1) is 19.8. The zero-order valence-electron chi connectivity index (χ0n) is 17.7. The average Bonchev–Trinajstić information content (AvgIpc) is 3.14. The number of carbonyl (C=O) groups excluding carboxylic acids is 1. The molecule has 2 aromatic heterocycles. The third kappa shape index (κ3) is 3.83. The molecule has 3 heterocycles. The van der Waals surface area contributed by atoms with Gasteiger partial charge in [-0.1, -0.05) is 11.3 Å². The number of anilines is 1. The Hall–Kier alpha value is -3.49. The van der Waals surface area contributed by atoms with Gasteiger partial charge in [-0.2, -0.15) is 0 Å². The molecule has 3 aromatic rings. The van der Waals surface area contributed by atoms with Crippen LogP contribution in [0.5, 0.6) is 5.75 Å². The van der Waals surface area contributed by atoms with Crippen molar-refractivity contribution in [3.8, 4) is 11.4 Å². The minimum Gasteiger partial charge on any atom is -0.497 e. The summed E-state index contributed by atoms with van der Waals surface area (Å²) in [6.45, 7) is 8.35. The van der Waals surface area contributed by atoms with E-state index < -0.39 is 0 Å². The predicted molar refractivity (Wildman–Crippen MR) is 112 cm³/mol. The number of hydrogen-bond acceptors (Lipinski definition) is 7. The number of ether oxygens (including phenoxy) is 1. The van der Waals surface area contributed by atoms with Crippen molar-refractivity contribution >= 4 is 11.7 Å². The van der Waals surface area contributed by atoms with Gasteiger partial charge in [0, 0.05) is 44.0 Å². The summed E-state index contributed by atoms with van der Waals surface area (Å²) in [6.07, 6.45) is 0. The number of aryl methyl sites for hydroxylation is 2. The Morgan fingerprint density at radius 2 is 1.80 bits per heavy atom. The van der Waals surface area contributed by atoms with Crippen LogP contribution in [0.3, 0.4) is 0 Å². The first-order valence-electron chi connectivity index (χ1n) is 9.89. The zero-order valence-corrected chi connectivity index (χ0v) is 17.7. The maximum Gasteiger partial charge on any atom is 0.276 e. The lowest BCUT2D eigenvalue weighted by atomic mass is 10.2. The molecule has 0 aliphatic carbocycles. The van der Waals surface area contributed by atoms with Gasteiger partial charge in [0.15, 0.2) is 5.69 Å². The summed E-state index contributed by atoms with van der Waals surface area (Å²) in [5.41, 5.74) is 2.83. The second-order valence-corrected chi connectivity index (χ2v) is 7.33. The summed E-state index contributed by atoms with van der Waals surface area (Å²) >= 11 is 0. The SMILES string of the molecule is COc1cccc(-n2nnc(C(=O)N3CCN(c4cc(C)nc(C)n4)CC3)c2C)c1. The largest absolute Gasteiger partial charge is 0.497 e. The second-order valence-electron chi connectivity index (χ2n) is 7.33. The van der Waals surface area contributed by atoms with Crippen LogP contribution in [0.4, 0.5) is 5.82 Å². The first-order valence-corrected chi connectivity index (χ1v) is 9.89. The Labute approximate surface area is 175 Å². The molecule has 1 saturated heterocycles. The van der Waals surface area contributed by atoms with E-state index in [4.69, 9.17) is 4.74 Å². The quantitative estimate of drug-likeness (QED) is 0.653. The van der Waals surface area contributed by atoms with Crippen LogP contribution in [0.2, 0.25) is 0 Å². The van der Waals surface area contributed by atoms with Gasteiger partial charge in [-0.3, -0.25) is 4.79 Å². The van der Waals surface area contributed by atoms with Gasteiger partial charge in [0.1, 0.15) is 17.4 Å². The molecule has 1 aliphatic heterocycles. The second kappa shape index (κ2) is 8.10. The molecular weight excluding hydrogens is 382 g/mol. The number of piperazine rings is 1. The highest BCUT2D eigenvalue weighted by Crippen LogP contribution is 2.20. The summed E-state index contributed by atoms with van der Waals surface area (Å²) in [5, 5.41) is 8.37. The Morgan fingerprint density at radius 3 is 2.50 bits per heavy atom. The minimum atomic E-state index is -0.101. The van der Waals surface area contributed by atoms with Crippen molar-refractivity contribution in [3.05, 3.63) is 53.2 Å². The van der Waals surface area contributed by atoms with Crippen molar-refractivity contribution in [1.29, 1.82) is 0 Å². The van der Waals surface area contributed by atoms with Crippen LogP contribution in [0.15, 0.2) is 30.3 Å². The predicted octanol–water partition coefficient (Wildman–Crippen LogP) is 1.95. The number of carbonyl (C=O) groups is 1. The molecule has 4 rings (SSSR count). The Bertz CT molecular complexity index is 1050. The molecule has 1 aromatic carbocycles. The molecule has 9 nitrogen and oxygen atoms in total. The fraction of sp³-hybridized carbons (Fsp3) is 0.381. The summed E-state index contributed by atoms with van der Waals surface area (Å²) < 4.78 is 6.94. The van der Waals surface area contributed by atoms with E-state index in [-0.39, 0.29) is 5.91 Å². The Balaban J connectivity index is 1.47. The Morgan fingerprint density at radius 1 is 1.03 bits per heavy atom. The van der Waals surface area contributed by atoms with E-state index in [9.17, 15) is 4.79 Å². The number of aromatic nitrogens is 5. The number of methoxy groups -OCH3 is 1. The molecule has 0 N–H and O–H groups in total. The van der Waals surface area contributed by atoms with Gasteiger partial charge >= 0.3 is 0 Å². The van der Waals surface area contributed by atoms with E-state index >= 15 is 0 Å². The molecule has 1 amide bonds. The van der Waals surface area contributed by atoms with Gasteiger partial charge in [-0.25, -0.2) is 14.6 Å². The molecule has 156 valence electrons. The van der Waals surface area contributed by atoms with Gasteiger partial charge in [-0.05, 0) is 32.9 Å². The van der Waals surface area contributed by atoms with Crippen molar-refractivity contribution < 1.29 is 9.53 Å². The highest BCUT2D eigenvalue weighted by atomic mass is 16.5. The molecule has 0 unspecified atom stereocenters. The van der Waals surface area contributed by atoms with Crippen LogP contribution in [0.1, 0.15) is 27.7 Å². The molecular formula is C21H25N7O2. The van der Waals surface area contributed by atoms with Crippen LogP contribution in [0, 0.1) is 20.8 Å². The first-order chi connectivity index (χ1) is 14.5. The molecule has 0 atom stereocenters. The highest BCUT2D eigenvalue weighted by Gasteiger charge is 2.27. The summed E-state index contributed by atoms with van der Waals surface area (Å²) in [6, 6.07) is 9.49. The summed E-state index contributed by atoms with van der Waals surface area (Å²) in [4.78, 5) is 25.9. The minimum absolute atomic E-state index is 0.101. The molecule has 0 saturated carbocycles.